The van der Waals surface area contributed by atoms with Crippen molar-refractivity contribution in [2.75, 3.05) is 5.32 Å². The fraction of sp³-hybridized carbons (Fsp3) is 0.200. The van der Waals surface area contributed by atoms with Gasteiger partial charge in [0.15, 0.2) is 0 Å². The molecule has 1 heterocycles. The van der Waals surface area contributed by atoms with Crippen LogP contribution < -0.4 is 16.6 Å². The third-order valence-electron chi connectivity index (χ3n) is 3.46. The van der Waals surface area contributed by atoms with Crippen LogP contribution in [0.3, 0.4) is 0 Å². The standard InChI is InChI=1S/C15H15FN4O2/c16-12-5-3-10(9-1-2-9)11(14(12)19-15(21)20-17)4-6-13-18-7-8-22-13/h3-9H,1-2,17H2,(H2,19,20,21)/b6-4+. The molecule has 0 unspecified atom stereocenters. The zero-order chi connectivity index (χ0) is 15.5. The minimum absolute atomic E-state index is 0.0927. The number of oxazole rings is 1. The average Bonchev–Trinajstić information content (AvgIpc) is 3.23. The lowest BCUT2D eigenvalue weighted by atomic mass is 10.00. The molecule has 2 aromatic rings. The minimum Gasteiger partial charge on any atom is -0.445 e. The molecule has 6 nitrogen and oxygen atoms in total. The fourth-order valence-corrected chi connectivity index (χ4v) is 2.29. The Morgan fingerprint density at radius 1 is 1.41 bits per heavy atom. The number of hydrogen-bond acceptors (Lipinski definition) is 4. The second kappa shape index (κ2) is 5.98. The van der Waals surface area contributed by atoms with Crippen LogP contribution in [0.25, 0.3) is 12.2 Å². The quantitative estimate of drug-likeness (QED) is 0.460. The van der Waals surface area contributed by atoms with Gasteiger partial charge in [0, 0.05) is 11.6 Å². The first kappa shape index (κ1) is 14.3. The lowest BCUT2D eigenvalue weighted by molar-refractivity contribution is 0.252. The van der Waals surface area contributed by atoms with Crippen LogP contribution in [-0.4, -0.2) is 11.0 Å². The summed E-state index contributed by atoms with van der Waals surface area (Å²) in [6.45, 7) is 0. The number of nitrogens with two attached hydrogens (primary N) is 1. The van der Waals surface area contributed by atoms with Crippen molar-refractivity contribution in [1.29, 1.82) is 0 Å². The van der Waals surface area contributed by atoms with E-state index in [-0.39, 0.29) is 5.69 Å². The van der Waals surface area contributed by atoms with Crippen molar-refractivity contribution in [2.45, 2.75) is 18.8 Å². The van der Waals surface area contributed by atoms with Crippen molar-refractivity contribution in [3.05, 3.63) is 47.4 Å². The first-order valence-corrected chi connectivity index (χ1v) is 6.86. The summed E-state index contributed by atoms with van der Waals surface area (Å²) in [6.07, 6.45) is 8.39. The third-order valence-corrected chi connectivity index (χ3v) is 3.46. The number of rotatable bonds is 4. The summed E-state index contributed by atoms with van der Waals surface area (Å²) in [5.41, 5.74) is 3.61. The molecule has 2 amide bonds. The first-order valence-electron chi connectivity index (χ1n) is 6.86. The summed E-state index contributed by atoms with van der Waals surface area (Å²) in [5, 5.41) is 2.43. The molecule has 0 spiro atoms. The predicted octanol–water partition coefficient (Wildman–Crippen LogP) is 2.86. The van der Waals surface area contributed by atoms with Crippen LogP contribution in [0, 0.1) is 5.82 Å². The normalized spacial score (nSPS) is 14.3. The monoisotopic (exact) mass is 302 g/mol. The van der Waals surface area contributed by atoms with E-state index in [2.05, 4.69) is 10.3 Å². The Morgan fingerprint density at radius 3 is 2.86 bits per heavy atom. The highest BCUT2D eigenvalue weighted by Gasteiger charge is 2.27. The van der Waals surface area contributed by atoms with Gasteiger partial charge in [-0.05, 0) is 36.5 Å². The van der Waals surface area contributed by atoms with E-state index in [9.17, 15) is 9.18 Å². The molecular weight excluding hydrogens is 287 g/mol. The number of nitrogens with zero attached hydrogens (tertiary/aromatic N) is 1. The maximum Gasteiger partial charge on any atom is 0.333 e. The van der Waals surface area contributed by atoms with Gasteiger partial charge < -0.3 is 9.73 Å². The molecule has 7 heteroatoms. The lowest BCUT2D eigenvalue weighted by Crippen LogP contribution is -2.34. The van der Waals surface area contributed by atoms with Gasteiger partial charge in [-0.3, -0.25) is 5.43 Å². The van der Waals surface area contributed by atoms with E-state index >= 15 is 0 Å². The molecule has 1 aromatic carbocycles. The maximum absolute atomic E-state index is 14.1. The summed E-state index contributed by atoms with van der Waals surface area (Å²) in [6, 6.07) is 2.41. The molecule has 3 rings (SSSR count). The van der Waals surface area contributed by atoms with E-state index in [0.29, 0.717) is 17.4 Å². The van der Waals surface area contributed by atoms with Crippen LogP contribution in [0.15, 0.2) is 29.0 Å². The number of carbonyl (C=O) groups is 1. The molecule has 1 aliphatic rings. The van der Waals surface area contributed by atoms with Gasteiger partial charge in [0.1, 0.15) is 12.1 Å². The highest BCUT2D eigenvalue weighted by molar-refractivity contribution is 5.93. The molecule has 0 atom stereocenters. The van der Waals surface area contributed by atoms with Crippen LogP contribution in [-0.2, 0) is 0 Å². The van der Waals surface area contributed by atoms with Crippen molar-refractivity contribution in [2.24, 2.45) is 5.84 Å². The van der Waals surface area contributed by atoms with Gasteiger partial charge in [0.2, 0.25) is 5.89 Å². The molecule has 1 aromatic heterocycles. The number of aromatic nitrogens is 1. The van der Waals surface area contributed by atoms with Gasteiger partial charge in [-0.15, -0.1) is 0 Å². The van der Waals surface area contributed by atoms with Gasteiger partial charge in [-0.25, -0.2) is 20.0 Å². The van der Waals surface area contributed by atoms with Crippen molar-refractivity contribution < 1.29 is 13.6 Å². The van der Waals surface area contributed by atoms with Crippen LogP contribution in [0.4, 0.5) is 14.9 Å². The molecule has 1 saturated carbocycles. The van der Waals surface area contributed by atoms with Crippen LogP contribution >= 0.6 is 0 Å². The summed E-state index contributed by atoms with van der Waals surface area (Å²) in [5.74, 6) is 5.31. The average molecular weight is 302 g/mol. The molecule has 0 saturated heterocycles. The lowest BCUT2D eigenvalue weighted by Gasteiger charge is -2.13. The van der Waals surface area contributed by atoms with E-state index in [1.807, 2.05) is 5.43 Å². The number of nitrogens with one attached hydrogen (secondary N) is 2. The Hall–Kier alpha value is -2.67. The molecule has 0 radical (unpaired) electrons. The highest BCUT2D eigenvalue weighted by Crippen LogP contribution is 2.44. The van der Waals surface area contributed by atoms with Gasteiger partial charge in [-0.1, -0.05) is 6.07 Å². The first-order chi connectivity index (χ1) is 10.7. The third kappa shape index (κ3) is 2.99. The van der Waals surface area contributed by atoms with Crippen LogP contribution in [0.5, 0.6) is 0 Å². The molecule has 114 valence electrons. The molecule has 1 fully saturated rings. The number of hydrogen-bond donors (Lipinski definition) is 3. The summed E-state index contributed by atoms with van der Waals surface area (Å²) in [7, 11) is 0. The SMILES string of the molecule is NNC(=O)Nc1c(F)ccc(C2CC2)c1/C=C/c1ncco1. The number of amides is 2. The topological polar surface area (TPSA) is 93.2 Å². The van der Waals surface area contributed by atoms with Crippen molar-refractivity contribution in [3.8, 4) is 0 Å². The van der Waals surface area contributed by atoms with E-state index in [1.54, 1.807) is 18.2 Å². The van der Waals surface area contributed by atoms with Crippen LogP contribution in [0.2, 0.25) is 0 Å². The predicted molar refractivity (Wildman–Crippen MR) is 80.1 cm³/mol. The number of anilines is 1. The van der Waals surface area contributed by atoms with Crippen molar-refractivity contribution in [3.63, 3.8) is 0 Å². The minimum atomic E-state index is -0.683. The van der Waals surface area contributed by atoms with Gasteiger partial charge in [0.05, 0.1) is 11.9 Å². The van der Waals surface area contributed by atoms with Crippen molar-refractivity contribution >= 4 is 23.9 Å². The maximum atomic E-state index is 14.1. The van der Waals surface area contributed by atoms with Gasteiger partial charge in [-0.2, -0.15) is 0 Å². The summed E-state index contributed by atoms with van der Waals surface area (Å²) in [4.78, 5) is 15.4. The fourth-order valence-electron chi connectivity index (χ4n) is 2.29. The Kier molecular flexibility index (Phi) is 3.88. The Morgan fingerprint density at radius 2 is 2.23 bits per heavy atom. The molecular formula is C15H15FN4O2. The van der Waals surface area contributed by atoms with Crippen LogP contribution in [0.1, 0.15) is 35.8 Å². The van der Waals surface area contributed by atoms with E-state index in [1.165, 1.54) is 18.5 Å². The molecule has 0 bridgehead atoms. The molecule has 1 aliphatic carbocycles. The summed E-state index contributed by atoms with van der Waals surface area (Å²) >= 11 is 0. The zero-order valence-electron chi connectivity index (χ0n) is 11.7. The number of carbonyl (C=O) groups excluding carboxylic acids is 1. The number of halogens is 1. The zero-order valence-corrected chi connectivity index (χ0v) is 11.7. The number of benzene rings is 1. The van der Waals surface area contributed by atoms with Crippen molar-refractivity contribution in [1.82, 2.24) is 10.4 Å². The molecule has 0 aliphatic heterocycles. The number of urea groups is 1. The Balaban J connectivity index is 2.02. The van der Waals surface area contributed by atoms with Gasteiger partial charge in [0.25, 0.3) is 0 Å². The van der Waals surface area contributed by atoms with Gasteiger partial charge >= 0.3 is 6.03 Å². The Bertz CT molecular complexity index is 709. The molecule has 4 N–H and O–H groups in total. The summed E-state index contributed by atoms with van der Waals surface area (Å²) < 4.78 is 19.3. The van der Waals surface area contributed by atoms with E-state index in [0.717, 1.165) is 18.4 Å². The molecule has 22 heavy (non-hydrogen) atoms. The van der Waals surface area contributed by atoms with E-state index < -0.39 is 11.8 Å². The smallest absolute Gasteiger partial charge is 0.333 e. The highest BCUT2D eigenvalue weighted by atomic mass is 19.1. The second-order valence-electron chi connectivity index (χ2n) is 5.00. The largest absolute Gasteiger partial charge is 0.445 e. The second-order valence-corrected chi connectivity index (χ2v) is 5.00. The Labute approximate surface area is 126 Å². The number of hydrazine groups is 1. The van der Waals surface area contributed by atoms with E-state index in [4.69, 9.17) is 10.3 Å².